The summed E-state index contributed by atoms with van der Waals surface area (Å²) in [7, 11) is 1.87. The Kier molecular flexibility index (Phi) is 2.43. The maximum Gasteiger partial charge on any atom is 0.125 e. The van der Waals surface area contributed by atoms with E-state index in [1.54, 1.807) is 0 Å². The van der Waals surface area contributed by atoms with Gasteiger partial charge in [0.2, 0.25) is 0 Å². The summed E-state index contributed by atoms with van der Waals surface area (Å²) in [5.74, 6) is 3.10. The van der Waals surface area contributed by atoms with Crippen molar-refractivity contribution in [3.05, 3.63) is 41.0 Å². The second kappa shape index (κ2) is 4.17. The van der Waals surface area contributed by atoms with Crippen LogP contribution in [0.3, 0.4) is 0 Å². The van der Waals surface area contributed by atoms with Crippen LogP contribution < -0.4 is 15.9 Å². The second-order valence-electron chi connectivity index (χ2n) is 5.70. The van der Waals surface area contributed by atoms with Crippen LogP contribution >= 0.6 is 0 Å². The van der Waals surface area contributed by atoms with Crippen LogP contribution in [-0.2, 0) is 0 Å². The van der Waals surface area contributed by atoms with Crippen molar-refractivity contribution in [1.82, 2.24) is 9.97 Å². The Morgan fingerprint density at radius 1 is 1.05 bits per heavy atom. The number of nitrogens with zero attached hydrogens (tertiary/aromatic N) is 2. The summed E-state index contributed by atoms with van der Waals surface area (Å²) in [5.41, 5.74) is 2.06. The summed E-state index contributed by atoms with van der Waals surface area (Å²) in [6.07, 6.45) is 6.59. The topological polar surface area (TPSA) is 37.8 Å². The molecular weight excluding hydrogens is 246 g/mol. The summed E-state index contributed by atoms with van der Waals surface area (Å²) in [5, 5.41) is 5.44. The number of pyridine rings is 2. The van der Waals surface area contributed by atoms with E-state index >= 15 is 0 Å². The first kappa shape index (κ1) is 11.6. The van der Waals surface area contributed by atoms with E-state index in [1.165, 1.54) is 5.22 Å². The lowest BCUT2D eigenvalue weighted by Gasteiger charge is -2.04. The molecule has 3 nitrogen and oxygen atoms in total. The summed E-state index contributed by atoms with van der Waals surface area (Å²) in [6.45, 7) is 2.31. The molecule has 1 N–H and O–H groups in total. The smallest absolute Gasteiger partial charge is 0.125 e. The van der Waals surface area contributed by atoms with Gasteiger partial charge in [-0.15, -0.1) is 0 Å². The molecule has 3 heteroatoms. The Morgan fingerprint density at radius 2 is 1.90 bits per heavy atom. The Labute approximate surface area is 118 Å². The molecule has 0 bridgehead atoms. The first-order chi connectivity index (χ1) is 9.76. The summed E-state index contributed by atoms with van der Waals surface area (Å²) in [4.78, 5) is 9.16. The maximum absolute atomic E-state index is 4.80. The molecule has 20 heavy (non-hydrogen) atoms. The highest BCUT2D eigenvalue weighted by atomic mass is 14.9. The Hall–Kier alpha value is -2.16. The van der Waals surface area contributed by atoms with Crippen molar-refractivity contribution < 1.29 is 0 Å². The minimum atomic E-state index is 0.704. The molecule has 2 heterocycles. The van der Waals surface area contributed by atoms with E-state index in [9.17, 15) is 0 Å². The first-order valence-corrected chi connectivity index (χ1v) is 7.11. The summed E-state index contributed by atoms with van der Waals surface area (Å²) < 4.78 is 0. The van der Waals surface area contributed by atoms with Gasteiger partial charge in [-0.25, -0.2) is 9.97 Å². The maximum atomic E-state index is 4.80. The third-order valence-electron chi connectivity index (χ3n) is 4.51. The third-order valence-corrected chi connectivity index (χ3v) is 4.51. The van der Waals surface area contributed by atoms with Gasteiger partial charge < -0.3 is 5.32 Å². The number of fused-ring (bicyclic) bond motifs is 2. The minimum absolute atomic E-state index is 0.704. The number of anilines is 1. The van der Waals surface area contributed by atoms with Gasteiger partial charge in [-0.3, -0.25) is 0 Å². The van der Waals surface area contributed by atoms with Crippen LogP contribution in [0.1, 0.15) is 6.92 Å². The van der Waals surface area contributed by atoms with Gasteiger partial charge in [-0.2, -0.15) is 0 Å². The van der Waals surface area contributed by atoms with Crippen molar-refractivity contribution in [3.63, 3.8) is 0 Å². The minimum Gasteiger partial charge on any atom is -0.373 e. The van der Waals surface area contributed by atoms with Crippen LogP contribution in [-0.4, -0.2) is 17.0 Å². The van der Waals surface area contributed by atoms with E-state index in [0.29, 0.717) is 5.92 Å². The van der Waals surface area contributed by atoms with Crippen LogP contribution in [0, 0.1) is 17.8 Å². The Bertz CT molecular complexity index is 777. The normalized spacial score (nSPS) is 25.8. The highest BCUT2D eigenvalue weighted by Gasteiger charge is 2.44. The molecule has 1 fully saturated rings. The van der Waals surface area contributed by atoms with E-state index in [4.69, 9.17) is 4.98 Å². The van der Waals surface area contributed by atoms with Crippen LogP contribution in [0.4, 0.5) is 5.82 Å². The number of rotatable bonds is 2. The number of hydrogen-bond donors (Lipinski definition) is 1. The van der Waals surface area contributed by atoms with Gasteiger partial charge in [0.25, 0.3) is 0 Å². The van der Waals surface area contributed by atoms with Gasteiger partial charge >= 0.3 is 0 Å². The fraction of sp³-hybridized carbons (Fsp3) is 0.294. The van der Waals surface area contributed by atoms with Gasteiger partial charge in [0, 0.05) is 18.8 Å². The van der Waals surface area contributed by atoms with Crippen molar-refractivity contribution in [2.45, 2.75) is 6.92 Å². The van der Waals surface area contributed by atoms with Gasteiger partial charge in [0.15, 0.2) is 0 Å². The first-order valence-electron chi connectivity index (χ1n) is 7.11. The predicted octanol–water partition coefficient (Wildman–Crippen LogP) is 1.64. The number of nitrogens with one attached hydrogen (secondary N) is 1. The average molecular weight is 263 g/mol. The summed E-state index contributed by atoms with van der Waals surface area (Å²) >= 11 is 0. The monoisotopic (exact) mass is 263 g/mol. The summed E-state index contributed by atoms with van der Waals surface area (Å²) in [6, 6.07) is 8.31. The van der Waals surface area contributed by atoms with E-state index < -0.39 is 0 Å². The highest BCUT2D eigenvalue weighted by Crippen LogP contribution is 2.48. The Balaban J connectivity index is 1.78. The van der Waals surface area contributed by atoms with Crippen molar-refractivity contribution in [1.29, 1.82) is 0 Å². The van der Waals surface area contributed by atoms with E-state index in [0.717, 1.165) is 34.3 Å². The SMILES string of the molecule is CNc1ccc(-c2ccc3c(n2)=CC2C(C)C2C=3)cn1. The molecule has 2 aliphatic rings. The second-order valence-corrected chi connectivity index (χ2v) is 5.70. The molecule has 2 aromatic rings. The molecule has 0 amide bonds. The molecule has 0 radical (unpaired) electrons. The van der Waals surface area contributed by atoms with Gasteiger partial charge in [0.1, 0.15) is 5.82 Å². The van der Waals surface area contributed by atoms with Gasteiger partial charge in [0.05, 0.1) is 11.0 Å². The molecule has 0 aromatic carbocycles. The lowest BCUT2D eigenvalue weighted by molar-refractivity contribution is 0.905. The van der Waals surface area contributed by atoms with Crippen molar-refractivity contribution >= 4 is 18.0 Å². The quantitative estimate of drug-likeness (QED) is 0.895. The third kappa shape index (κ3) is 1.73. The average Bonchev–Trinajstić information content (AvgIpc) is 3.14. The van der Waals surface area contributed by atoms with Crippen molar-refractivity contribution in [3.8, 4) is 11.3 Å². The lowest BCUT2D eigenvalue weighted by Crippen LogP contribution is -2.30. The van der Waals surface area contributed by atoms with Gasteiger partial charge in [-0.1, -0.05) is 25.1 Å². The van der Waals surface area contributed by atoms with Crippen LogP contribution in [0.2, 0.25) is 0 Å². The molecule has 100 valence electrons. The molecule has 2 aliphatic carbocycles. The zero-order valence-electron chi connectivity index (χ0n) is 11.7. The lowest BCUT2D eigenvalue weighted by atomic mass is 10.1. The van der Waals surface area contributed by atoms with E-state index in [2.05, 4.69) is 47.6 Å². The molecular formula is C17H17N3. The van der Waals surface area contributed by atoms with E-state index in [1.807, 2.05) is 19.3 Å². The zero-order valence-corrected chi connectivity index (χ0v) is 11.7. The van der Waals surface area contributed by atoms with Crippen molar-refractivity contribution in [2.24, 2.45) is 17.8 Å². The largest absolute Gasteiger partial charge is 0.373 e. The van der Waals surface area contributed by atoms with Gasteiger partial charge in [-0.05, 0) is 41.2 Å². The molecule has 4 rings (SSSR count). The molecule has 3 unspecified atom stereocenters. The van der Waals surface area contributed by atoms with E-state index in [-0.39, 0.29) is 0 Å². The number of hydrogen-bond acceptors (Lipinski definition) is 3. The standard InChI is InChI=1S/C17H17N3/c1-10-13-7-11-3-5-15(20-16(11)8-14(10)13)12-4-6-17(18-2)19-9-12/h3-10,13-14H,1-2H3,(H,18,19). The number of aromatic nitrogens is 2. The molecule has 3 atom stereocenters. The fourth-order valence-corrected chi connectivity index (χ4v) is 3.06. The van der Waals surface area contributed by atoms with Crippen LogP contribution in [0.5, 0.6) is 0 Å². The van der Waals surface area contributed by atoms with Crippen molar-refractivity contribution in [2.75, 3.05) is 12.4 Å². The Morgan fingerprint density at radius 3 is 2.65 bits per heavy atom. The molecule has 0 aliphatic heterocycles. The van der Waals surface area contributed by atoms with Crippen LogP contribution in [0.15, 0.2) is 30.5 Å². The molecule has 1 saturated carbocycles. The molecule has 2 aromatic heterocycles. The zero-order chi connectivity index (χ0) is 13.7. The fourth-order valence-electron chi connectivity index (χ4n) is 3.06. The highest BCUT2D eigenvalue weighted by molar-refractivity contribution is 5.61. The predicted molar refractivity (Wildman–Crippen MR) is 81.3 cm³/mol. The molecule has 0 saturated heterocycles. The van der Waals surface area contributed by atoms with Crippen LogP contribution in [0.25, 0.3) is 23.4 Å². The molecule has 0 spiro atoms.